The molecule has 1 fully saturated rings. The second-order valence-corrected chi connectivity index (χ2v) is 5.86. The SMILES string of the molecule is CCN1CCC(CCn2cc(C(C)C)cn2)CC1. The van der Waals surface area contributed by atoms with Crippen LogP contribution in [0.2, 0.25) is 0 Å². The van der Waals surface area contributed by atoms with Crippen molar-refractivity contribution in [1.82, 2.24) is 14.7 Å². The molecule has 2 heterocycles. The van der Waals surface area contributed by atoms with Crippen molar-refractivity contribution in [2.75, 3.05) is 19.6 Å². The fourth-order valence-corrected chi connectivity index (χ4v) is 2.71. The summed E-state index contributed by atoms with van der Waals surface area (Å²) in [6.07, 6.45) is 8.26. The molecule has 1 aliphatic heterocycles. The molecule has 18 heavy (non-hydrogen) atoms. The number of likely N-dealkylation sites (tertiary alicyclic amines) is 1. The number of nitrogens with zero attached hydrogens (tertiary/aromatic N) is 3. The van der Waals surface area contributed by atoms with E-state index in [1.165, 1.54) is 44.5 Å². The summed E-state index contributed by atoms with van der Waals surface area (Å²) in [5.74, 6) is 1.49. The molecule has 0 unspecified atom stereocenters. The minimum Gasteiger partial charge on any atom is -0.304 e. The van der Waals surface area contributed by atoms with E-state index in [0.717, 1.165) is 12.5 Å². The molecule has 0 aromatic carbocycles. The number of hydrogen-bond acceptors (Lipinski definition) is 2. The van der Waals surface area contributed by atoms with Gasteiger partial charge in [-0.25, -0.2) is 0 Å². The zero-order chi connectivity index (χ0) is 13.0. The summed E-state index contributed by atoms with van der Waals surface area (Å²) in [4.78, 5) is 2.56. The monoisotopic (exact) mass is 249 g/mol. The molecule has 2 rings (SSSR count). The van der Waals surface area contributed by atoms with E-state index in [-0.39, 0.29) is 0 Å². The van der Waals surface area contributed by atoms with E-state index >= 15 is 0 Å². The Bertz CT molecular complexity index is 348. The highest BCUT2D eigenvalue weighted by Crippen LogP contribution is 2.21. The number of aryl methyl sites for hydroxylation is 1. The van der Waals surface area contributed by atoms with Crippen molar-refractivity contribution < 1.29 is 0 Å². The molecule has 0 radical (unpaired) electrons. The quantitative estimate of drug-likeness (QED) is 0.799. The third kappa shape index (κ3) is 3.58. The van der Waals surface area contributed by atoms with E-state index in [1.807, 2.05) is 6.20 Å². The van der Waals surface area contributed by atoms with Crippen LogP contribution < -0.4 is 0 Å². The van der Waals surface area contributed by atoms with Gasteiger partial charge in [0.05, 0.1) is 6.20 Å². The van der Waals surface area contributed by atoms with E-state index in [0.29, 0.717) is 5.92 Å². The van der Waals surface area contributed by atoms with Gasteiger partial charge >= 0.3 is 0 Å². The van der Waals surface area contributed by atoms with Crippen molar-refractivity contribution in [3.8, 4) is 0 Å². The summed E-state index contributed by atoms with van der Waals surface area (Å²) < 4.78 is 2.13. The Labute approximate surface area is 111 Å². The van der Waals surface area contributed by atoms with Gasteiger partial charge in [0, 0.05) is 12.7 Å². The van der Waals surface area contributed by atoms with Gasteiger partial charge in [0.1, 0.15) is 0 Å². The Morgan fingerprint density at radius 2 is 2.06 bits per heavy atom. The molecular formula is C15H27N3. The molecule has 0 N–H and O–H groups in total. The maximum absolute atomic E-state index is 4.46. The van der Waals surface area contributed by atoms with Crippen molar-refractivity contribution in [1.29, 1.82) is 0 Å². The second kappa shape index (κ2) is 6.37. The predicted octanol–water partition coefficient (Wildman–Crippen LogP) is 3.13. The predicted molar refractivity (Wildman–Crippen MR) is 75.8 cm³/mol. The Morgan fingerprint density at radius 1 is 1.33 bits per heavy atom. The zero-order valence-corrected chi connectivity index (χ0v) is 12.1. The molecule has 0 saturated carbocycles. The lowest BCUT2D eigenvalue weighted by Crippen LogP contribution is -2.33. The smallest absolute Gasteiger partial charge is 0.0524 e. The number of hydrogen-bond donors (Lipinski definition) is 0. The van der Waals surface area contributed by atoms with E-state index in [9.17, 15) is 0 Å². The van der Waals surface area contributed by atoms with Crippen molar-refractivity contribution in [3.63, 3.8) is 0 Å². The van der Waals surface area contributed by atoms with Gasteiger partial charge in [-0.15, -0.1) is 0 Å². The van der Waals surface area contributed by atoms with Gasteiger partial charge in [-0.2, -0.15) is 5.10 Å². The fraction of sp³-hybridized carbons (Fsp3) is 0.800. The fourth-order valence-electron chi connectivity index (χ4n) is 2.71. The number of aromatic nitrogens is 2. The van der Waals surface area contributed by atoms with Crippen LogP contribution in [0.1, 0.15) is 51.5 Å². The molecular weight excluding hydrogens is 222 g/mol. The number of piperidine rings is 1. The summed E-state index contributed by atoms with van der Waals surface area (Å²) in [6, 6.07) is 0. The third-order valence-corrected chi connectivity index (χ3v) is 4.24. The van der Waals surface area contributed by atoms with Crippen molar-refractivity contribution in [2.24, 2.45) is 5.92 Å². The van der Waals surface area contributed by atoms with Crippen LogP contribution in [0.25, 0.3) is 0 Å². The summed E-state index contributed by atoms with van der Waals surface area (Å²) >= 11 is 0. The molecule has 3 heteroatoms. The first-order valence-electron chi connectivity index (χ1n) is 7.43. The van der Waals surface area contributed by atoms with Crippen LogP contribution >= 0.6 is 0 Å². The Balaban J connectivity index is 1.74. The standard InChI is InChI=1S/C15H27N3/c1-4-17-8-5-14(6-9-17)7-10-18-12-15(11-16-18)13(2)3/h11-14H,4-10H2,1-3H3. The molecule has 3 nitrogen and oxygen atoms in total. The number of rotatable bonds is 5. The molecule has 1 aliphatic rings. The summed E-state index contributed by atoms with van der Waals surface area (Å²) in [6.45, 7) is 11.6. The molecule has 0 aliphatic carbocycles. The van der Waals surface area contributed by atoms with Crippen molar-refractivity contribution in [2.45, 2.75) is 52.5 Å². The largest absolute Gasteiger partial charge is 0.304 e. The normalized spacial score (nSPS) is 18.7. The van der Waals surface area contributed by atoms with Crippen LogP contribution in [-0.4, -0.2) is 34.3 Å². The molecule has 0 amide bonds. The first kappa shape index (κ1) is 13.6. The molecule has 0 bridgehead atoms. The van der Waals surface area contributed by atoms with E-state index in [2.05, 4.69) is 41.6 Å². The highest BCUT2D eigenvalue weighted by molar-refractivity contribution is 5.08. The van der Waals surface area contributed by atoms with Crippen LogP contribution in [0.3, 0.4) is 0 Å². The van der Waals surface area contributed by atoms with Crippen LogP contribution in [0.5, 0.6) is 0 Å². The van der Waals surface area contributed by atoms with Gasteiger partial charge in [0.15, 0.2) is 0 Å². The highest BCUT2D eigenvalue weighted by Gasteiger charge is 2.17. The summed E-state index contributed by atoms with van der Waals surface area (Å²) in [7, 11) is 0. The molecule has 102 valence electrons. The first-order chi connectivity index (χ1) is 8.69. The van der Waals surface area contributed by atoms with Crippen molar-refractivity contribution >= 4 is 0 Å². The average Bonchev–Trinajstić information content (AvgIpc) is 2.86. The second-order valence-electron chi connectivity index (χ2n) is 5.86. The van der Waals surface area contributed by atoms with E-state index in [1.54, 1.807) is 0 Å². The van der Waals surface area contributed by atoms with E-state index in [4.69, 9.17) is 0 Å². The Hall–Kier alpha value is -0.830. The Morgan fingerprint density at radius 3 is 2.61 bits per heavy atom. The maximum atomic E-state index is 4.46. The van der Waals surface area contributed by atoms with Crippen LogP contribution in [0, 0.1) is 5.92 Å². The maximum Gasteiger partial charge on any atom is 0.0524 e. The van der Waals surface area contributed by atoms with Crippen LogP contribution in [0.4, 0.5) is 0 Å². The molecule has 0 atom stereocenters. The van der Waals surface area contributed by atoms with Gasteiger partial charge in [-0.1, -0.05) is 20.8 Å². The third-order valence-electron chi connectivity index (χ3n) is 4.24. The van der Waals surface area contributed by atoms with Gasteiger partial charge < -0.3 is 4.90 Å². The minimum absolute atomic E-state index is 0.589. The minimum atomic E-state index is 0.589. The topological polar surface area (TPSA) is 21.1 Å². The first-order valence-corrected chi connectivity index (χ1v) is 7.43. The lowest BCUT2D eigenvalue weighted by Gasteiger charge is -2.30. The van der Waals surface area contributed by atoms with Crippen molar-refractivity contribution in [3.05, 3.63) is 18.0 Å². The molecule has 1 saturated heterocycles. The summed E-state index contributed by atoms with van der Waals surface area (Å²) in [5.41, 5.74) is 1.36. The zero-order valence-electron chi connectivity index (χ0n) is 12.1. The average molecular weight is 249 g/mol. The van der Waals surface area contributed by atoms with Gasteiger partial charge in [0.25, 0.3) is 0 Å². The van der Waals surface area contributed by atoms with E-state index < -0.39 is 0 Å². The van der Waals surface area contributed by atoms with Gasteiger partial charge in [-0.3, -0.25) is 4.68 Å². The van der Waals surface area contributed by atoms with Crippen LogP contribution in [-0.2, 0) is 6.54 Å². The lowest BCUT2D eigenvalue weighted by molar-refractivity contribution is 0.182. The molecule has 0 spiro atoms. The Kier molecular flexibility index (Phi) is 4.81. The van der Waals surface area contributed by atoms with Gasteiger partial charge in [0.2, 0.25) is 0 Å². The summed E-state index contributed by atoms with van der Waals surface area (Å²) in [5, 5.41) is 4.46. The highest BCUT2D eigenvalue weighted by atomic mass is 15.3. The van der Waals surface area contributed by atoms with Crippen LogP contribution in [0.15, 0.2) is 12.4 Å². The lowest BCUT2D eigenvalue weighted by atomic mass is 9.93. The molecule has 1 aromatic rings. The molecule has 1 aromatic heterocycles. The van der Waals surface area contributed by atoms with Gasteiger partial charge in [-0.05, 0) is 56.3 Å².